The summed E-state index contributed by atoms with van der Waals surface area (Å²) in [7, 11) is 0. The quantitative estimate of drug-likeness (QED) is 0.876. The van der Waals surface area contributed by atoms with Crippen LogP contribution in [0.3, 0.4) is 0 Å². The van der Waals surface area contributed by atoms with Gasteiger partial charge in [0.05, 0.1) is 12.2 Å². The molecule has 0 aliphatic carbocycles. The van der Waals surface area contributed by atoms with Gasteiger partial charge in [-0.05, 0) is 37.5 Å². The van der Waals surface area contributed by atoms with Crippen molar-refractivity contribution in [2.75, 3.05) is 23.8 Å². The van der Waals surface area contributed by atoms with Crippen LogP contribution in [0.4, 0.5) is 11.5 Å². The van der Waals surface area contributed by atoms with Crippen molar-refractivity contribution in [3.63, 3.8) is 0 Å². The molecule has 1 aliphatic heterocycles. The van der Waals surface area contributed by atoms with Gasteiger partial charge in [-0.3, -0.25) is 0 Å². The Morgan fingerprint density at radius 3 is 3.00 bits per heavy atom. The van der Waals surface area contributed by atoms with Crippen LogP contribution < -0.4 is 15.4 Å². The monoisotopic (exact) mass is 284 g/mol. The molecule has 1 aromatic carbocycles. The number of ether oxygens (including phenoxy) is 1. The molecule has 2 heterocycles. The van der Waals surface area contributed by atoms with Gasteiger partial charge in [0.15, 0.2) is 0 Å². The number of benzene rings is 1. The normalized spacial score (nSPS) is 13.9. The van der Waals surface area contributed by atoms with E-state index >= 15 is 0 Å². The van der Waals surface area contributed by atoms with Crippen molar-refractivity contribution in [2.45, 2.75) is 26.8 Å². The molecule has 21 heavy (non-hydrogen) atoms. The molecule has 3 rings (SSSR count). The molecular formula is C16H20N4O. The van der Waals surface area contributed by atoms with Crippen LogP contribution in [0.25, 0.3) is 0 Å². The van der Waals surface area contributed by atoms with Gasteiger partial charge in [0.1, 0.15) is 12.1 Å². The second-order valence-corrected chi connectivity index (χ2v) is 5.22. The molecular weight excluding hydrogens is 264 g/mol. The van der Waals surface area contributed by atoms with Crippen molar-refractivity contribution in [1.29, 1.82) is 0 Å². The van der Waals surface area contributed by atoms with E-state index in [4.69, 9.17) is 10.5 Å². The molecule has 5 heteroatoms. The Hall–Kier alpha value is -2.30. The molecule has 0 bridgehead atoms. The van der Waals surface area contributed by atoms with Crippen LogP contribution in [0, 0.1) is 6.92 Å². The van der Waals surface area contributed by atoms with E-state index in [2.05, 4.69) is 20.9 Å². The molecule has 0 amide bonds. The topological polar surface area (TPSA) is 64.3 Å². The van der Waals surface area contributed by atoms with E-state index in [1.807, 2.05) is 26.0 Å². The van der Waals surface area contributed by atoms with Crippen molar-refractivity contribution in [3.8, 4) is 5.88 Å². The van der Waals surface area contributed by atoms with E-state index in [9.17, 15) is 0 Å². The van der Waals surface area contributed by atoms with E-state index in [-0.39, 0.29) is 0 Å². The van der Waals surface area contributed by atoms with Gasteiger partial charge >= 0.3 is 0 Å². The Balaban J connectivity index is 1.91. The predicted molar refractivity (Wildman–Crippen MR) is 83.5 cm³/mol. The van der Waals surface area contributed by atoms with Crippen molar-refractivity contribution in [1.82, 2.24) is 9.97 Å². The number of nitrogens with two attached hydrogens (primary N) is 1. The number of hydrogen-bond acceptors (Lipinski definition) is 5. The molecule has 110 valence electrons. The maximum Gasteiger partial charge on any atom is 0.221 e. The lowest BCUT2D eigenvalue weighted by Gasteiger charge is -2.31. The minimum Gasteiger partial charge on any atom is -0.478 e. The summed E-state index contributed by atoms with van der Waals surface area (Å²) in [4.78, 5) is 10.9. The standard InChI is InChI=1S/C16H20N4O/c1-3-21-16-11(2)15(18-10-19-16)20-8-7-13-12(9-20)5-4-6-14(13)17/h4-6,10H,3,7-9,17H2,1-2H3. The summed E-state index contributed by atoms with van der Waals surface area (Å²) in [6.45, 7) is 6.31. The molecule has 0 unspecified atom stereocenters. The number of nitrogens with zero attached hydrogens (tertiary/aromatic N) is 3. The lowest BCUT2D eigenvalue weighted by molar-refractivity contribution is 0.323. The lowest BCUT2D eigenvalue weighted by Crippen LogP contribution is -2.32. The van der Waals surface area contributed by atoms with Gasteiger partial charge in [-0.25, -0.2) is 9.97 Å². The highest BCUT2D eigenvalue weighted by Crippen LogP contribution is 2.30. The van der Waals surface area contributed by atoms with Crippen molar-refractivity contribution in [3.05, 3.63) is 41.2 Å². The second kappa shape index (κ2) is 5.60. The minimum atomic E-state index is 0.608. The third-order valence-corrected chi connectivity index (χ3v) is 3.89. The van der Waals surface area contributed by atoms with E-state index < -0.39 is 0 Å². The van der Waals surface area contributed by atoms with Crippen LogP contribution in [-0.2, 0) is 13.0 Å². The molecule has 5 nitrogen and oxygen atoms in total. The van der Waals surface area contributed by atoms with Gasteiger partial charge in [0.25, 0.3) is 0 Å². The van der Waals surface area contributed by atoms with Gasteiger partial charge in [-0.2, -0.15) is 0 Å². The maximum absolute atomic E-state index is 6.05. The fourth-order valence-electron chi connectivity index (χ4n) is 2.85. The Labute approximate surface area is 124 Å². The van der Waals surface area contributed by atoms with Crippen LogP contribution in [0.1, 0.15) is 23.6 Å². The largest absolute Gasteiger partial charge is 0.478 e. The Kier molecular flexibility index (Phi) is 3.64. The van der Waals surface area contributed by atoms with Gasteiger partial charge in [0.2, 0.25) is 5.88 Å². The number of rotatable bonds is 3. The molecule has 2 aromatic rings. The molecule has 1 aromatic heterocycles. The molecule has 0 spiro atoms. The molecule has 0 saturated carbocycles. The summed E-state index contributed by atoms with van der Waals surface area (Å²) >= 11 is 0. The zero-order valence-electron chi connectivity index (χ0n) is 12.5. The van der Waals surface area contributed by atoms with Crippen LogP contribution >= 0.6 is 0 Å². The fraction of sp³-hybridized carbons (Fsp3) is 0.375. The number of aromatic nitrogens is 2. The van der Waals surface area contributed by atoms with Crippen LogP contribution in [0.15, 0.2) is 24.5 Å². The van der Waals surface area contributed by atoms with E-state index in [0.717, 1.165) is 36.6 Å². The van der Waals surface area contributed by atoms with Gasteiger partial charge in [-0.15, -0.1) is 0 Å². The summed E-state index contributed by atoms with van der Waals surface area (Å²) in [6, 6.07) is 6.12. The third kappa shape index (κ3) is 2.51. The molecule has 0 saturated heterocycles. The number of nitrogen functional groups attached to an aromatic ring is 1. The summed E-state index contributed by atoms with van der Waals surface area (Å²) in [6.07, 6.45) is 2.51. The zero-order chi connectivity index (χ0) is 14.8. The molecule has 0 atom stereocenters. The zero-order valence-corrected chi connectivity index (χ0v) is 12.5. The third-order valence-electron chi connectivity index (χ3n) is 3.89. The summed E-state index contributed by atoms with van der Waals surface area (Å²) < 4.78 is 5.56. The first kappa shape index (κ1) is 13.7. The first-order valence-electron chi connectivity index (χ1n) is 7.26. The molecule has 0 fully saturated rings. The number of fused-ring (bicyclic) bond motifs is 1. The smallest absolute Gasteiger partial charge is 0.221 e. The van der Waals surface area contributed by atoms with Crippen molar-refractivity contribution < 1.29 is 4.74 Å². The minimum absolute atomic E-state index is 0.608. The summed E-state index contributed by atoms with van der Waals surface area (Å²) in [5, 5.41) is 0. The average Bonchev–Trinajstić information content (AvgIpc) is 2.49. The predicted octanol–water partition coefficient (Wildman–Crippen LogP) is 2.33. The number of hydrogen-bond donors (Lipinski definition) is 1. The highest BCUT2D eigenvalue weighted by Gasteiger charge is 2.21. The summed E-state index contributed by atoms with van der Waals surface area (Å²) in [5.41, 5.74) is 10.5. The highest BCUT2D eigenvalue weighted by molar-refractivity contribution is 5.57. The summed E-state index contributed by atoms with van der Waals surface area (Å²) in [5.74, 6) is 1.61. The van der Waals surface area contributed by atoms with E-state index in [0.29, 0.717) is 12.5 Å². The fourth-order valence-corrected chi connectivity index (χ4v) is 2.85. The Bertz CT molecular complexity index is 657. The van der Waals surface area contributed by atoms with E-state index in [1.165, 1.54) is 11.1 Å². The average molecular weight is 284 g/mol. The second-order valence-electron chi connectivity index (χ2n) is 5.22. The van der Waals surface area contributed by atoms with E-state index in [1.54, 1.807) is 6.33 Å². The highest BCUT2D eigenvalue weighted by atomic mass is 16.5. The van der Waals surface area contributed by atoms with Gasteiger partial charge in [-0.1, -0.05) is 12.1 Å². The molecule has 1 aliphatic rings. The molecule has 2 N–H and O–H groups in total. The van der Waals surface area contributed by atoms with Crippen molar-refractivity contribution >= 4 is 11.5 Å². The van der Waals surface area contributed by atoms with Gasteiger partial charge < -0.3 is 15.4 Å². The van der Waals surface area contributed by atoms with Crippen LogP contribution in [-0.4, -0.2) is 23.1 Å². The lowest BCUT2D eigenvalue weighted by atomic mass is 9.98. The van der Waals surface area contributed by atoms with Gasteiger partial charge in [0, 0.05) is 18.8 Å². The van der Waals surface area contributed by atoms with Crippen molar-refractivity contribution in [2.24, 2.45) is 0 Å². The van der Waals surface area contributed by atoms with Crippen LogP contribution in [0.5, 0.6) is 5.88 Å². The first-order valence-corrected chi connectivity index (χ1v) is 7.26. The number of anilines is 2. The first-order chi connectivity index (χ1) is 10.2. The Morgan fingerprint density at radius 1 is 1.33 bits per heavy atom. The SMILES string of the molecule is CCOc1ncnc(N2CCc3c(N)cccc3C2)c1C. The Morgan fingerprint density at radius 2 is 2.19 bits per heavy atom. The van der Waals surface area contributed by atoms with Crippen LogP contribution in [0.2, 0.25) is 0 Å². The molecule has 0 radical (unpaired) electrons. The maximum atomic E-state index is 6.05.